The van der Waals surface area contributed by atoms with Crippen molar-refractivity contribution in [3.05, 3.63) is 0 Å². The maximum Gasteiger partial charge on any atom is 0.253 e. The molecule has 1 aliphatic rings. The first-order valence-corrected chi connectivity index (χ1v) is 2.26. The molecule has 0 bridgehead atoms. The molecule has 0 unspecified atom stereocenters. The molecule has 53 valence electrons. The molecule has 0 saturated carbocycles. The van der Waals surface area contributed by atoms with Crippen LogP contribution in [-0.4, -0.2) is 22.1 Å². The van der Waals surface area contributed by atoms with E-state index in [-0.39, 0.29) is 37.4 Å². The van der Waals surface area contributed by atoms with E-state index < -0.39 is 11.8 Å². The molecule has 0 aromatic carbocycles. The molecule has 0 aliphatic carbocycles. The van der Waals surface area contributed by atoms with Gasteiger partial charge in [-0.1, -0.05) is 0 Å². The van der Waals surface area contributed by atoms with Crippen LogP contribution in [0.3, 0.4) is 0 Å². The van der Waals surface area contributed by atoms with Crippen LogP contribution in [-0.2, 0) is 29.1 Å². The Bertz CT molecular complexity index is 131. The van der Waals surface area contributed by atoms with Crippen LogP contribution < -0.4 is 0 Å². The van der Waals surface area contributed by atoms with Gasteiger partial charge in [0.2, 0.25) is 0 Å². The van der Waals surface area contributed by atoms with Crippen LogP contribution in [0.15, 0.2) is 0 Å². The van der Waals surface area contributed by atoms with E-state index in [0.717, 1.165) is 0 Å². The largest absolute Gasteiger partial charge is 0.279 e. The molecular weight excluding hydrogens is 213 g/mol. The minimum atomic E-state index is -0.505. The molecule has 0 aromatic rings. The van der Waals surface area contributed by atoms with E-state index in [1.54, 1.807) is 0 Å². The standard InChI is InChI=1S/C4H5NO3.Rh/c6-3-1-2-4(7)5(3)8;/h8H,1-2H2;. The molecule has 1 rings (SSSR count). The van der Waals surface area contributed by atoms with Crippen LogP contribution >= 0.6 is 0 Å². The van der Waals surface area contributed by atoms with Gasteiger partial charge in [0.1, 0.15) is 0 Å². The Morgan fingerprint density at radius 3 is 1.67 bits per heavy atom. The molecule has 9 heavy (non-hydrogen) atoms. The van der Waals surface area contributed by atoms with E-state index in [1.807, 2.05) is 0 Å². The van der Waals surface area contributed by atoms with Crippen LogP contribution in [0.2, 0.25) is 0 Å². The number of hydrogen-bond donors (Lipinski definition) is 1. The van der Waals surface area contributed by atoms with Crippen molar-refractivity contribution in [2.24, 2.45) is 0 Å². The summed E-state index contributed by atoms with van der Waals surface area (Å²) in [7, 11) is 0. The van der Waals surface area contributed by atoms with Gasteiger partial charge in [0.25, 0.3) is 11.8 Å². The van der Waals surface area contributed by atoms with Gasteiger partial charge in [-0.05, 0) is 0 Å². The predicted octanol–water partition coefficient (Wildman–Crippen LogP) is -0.478. The van der Waals surface area contributed by atoms with E-state index in [4.69, 9.17) is 5.21 Å². The van der Waals surface area contributed by atoms with Crippen molar-refractivity contribution < 1.29 is 34.3 Å². The molecule has 1 saturated heterocycles. The van der Waals surface area contributed by atoms with Crippen molar-refractivity contribution in [1.82, 2.24) is 5.06 Å². The molecule has 1 fully saturated rings. The average molecular weight is 218 g/mol. The zero-order chi connectivity index (χ0) is 6.15. The van der Waals surface area contributed by atoms with Gasteiger partial charge in [0.05, 0.1) is 0 Å². The second-order valence-electron chi connectivity index (χ2n) is 1.60. The van der Waals surface area contributed by atoms with Crippen LogP contribution in [0.4, 0.5) is 0 Å². The number of hydroxylamine groups is 2. The smallest absolute Gasteiger partial charge is 0.253 e. The Morgan fingerprint density at radius 1 is 1.22 bits per heavy atom. The van der Waals surface area contributed by atoms with Crippen LogP contribution in [0.1, 0.15) is 12.8 Å². The maximum absolute atomic E-state index is 10.2. The topological polar surface area (TPSA) is 57.6 Å². The summed E-state index contributed by atoms with van der Waals surface area (Å²) in [5.74, 6) is -1.01. The van der Waals surface area contributed by atoms with Gasteiger partial charge in [0, 0.05) is 32.3 Å². The Kier molecular flexibility index (Phi) is 2.94. The Hall–Kier alpha value is -0.277. The molecule has 1 heterocycles. The number of rotatable bonds is 0. The van der Waals surface area contributed by atoms with Crippen molar-refractivity contribution in [3.63, 3.8) is 0 Å². The average Bonchev–Trinajstić information content (AvgIpc) is 1.98. The first-order chi connectivity index (χ1) is 3.72. The third-order valence-corrected chi connectivity index (χ3v) is 1.03. The van der Waals surface area contributed by atoms with E-state index in [2.05, 4.69) is 0 Å². The van der Waals surface area contributed by atoms with Crippen molar-refractivity contribution in [2.75, 3.05) is 0 Å². The summed E-state index contributed by atoms with van der Waals surface area (Å²) in [6.45, 7) is 0. The fraction of sp³-hybridized carbons (Fsp3) is 0.500. The molecule has 0 aromatic heterocycles. The van der Waals surface area contributed by atoms with Crippen LogP contribution in [0, 0.1) is 0 Å². The Labute approximate surface area is 64.5 Å². The maximum atomic E-state index is 10.2. The summed E-state index contributed by atoms with van der Waals surface area (Å²) in [5, 5.41) is 8.57. The van der Waals surface area contributed by atoms with Crippen LogP contribution in [0.25, 0.3) is 0 Å². The minimum absolute atomic E-state index is 0. The summed E-state index contributed by atoms with van der Waals surface area (Å²) >= 11 is 0. The van der Waals surface area contributed by atoms with E-state index >= 15 is 0 Å². The van der Waals surface area contributed by atoms with Crippen molar-refractivity contribution >= 4 is 11.8 Å². The molecule has 4 nitrogen and oxygen atoms in total. The molecule has 0 atom stereocenters. The van der Waals surface area contributed by atoms with Crippen molar-refractivity contribution in [2.45, 2.75) is 12.8 Å². The molecule has 5 heteroatoms. The normalized spacial score (nSPS) is 18.1. The summed E-state index contributed by atoms with van der Waals surface area (Å²) in [6.07, 6.45) is 0.296. The number of carbonyl (C=O) groups excluding carboxylic acids is 2. The summed E-state index contributed by atoms with van der Waals surface area (Å²) < 4.78 is 0. The van der Waals surface area contributed by atoms with Gasteiger partial charge >= 0.3 is 0 Å². The summed E-state index contributed by atoms with van der Waals surface area (Å²) in [5.41, 5.74) is 0. The molecule has 1 N–H and O–H groups in total. The number of hydrogen-bond acceptors (Lipinski definition) is 3. The second kappa shape index (κ2) is 3.04. The number of amides is 2. The van der Waals surface area contributed by atoms with Gasteiger partial charge in [0.15, 0.2) is 0 Å². The van der Waals surface area contributed by atoms with E-state index in [9.17, 15) is 9.59 Å². The fourth-order valence-electron chi connectivity index (χ4n) is 0.565. The first kappa shape index (κ1) is 8.72. The zero-order valence-corrected chi connectivity index (χ0v) is 6.10. The van der Waals surface area contributed by atoms with E-state index in [0.29, 0.717) is 0 Å². The molecule has 1 aliphatic heterocycles. The predicted molar refractivity (Wildman–Crippen MR) is 22.9 cm³/mol. The fourth-order valence-corrected chi connectivity index (χ4v) is 0.565. The number of nitrogens with zero attached hydrogens (tertiary/aromatic N) is 1. The second-order valence-corrected chi connectivity index (χ2v) is 1.60. The summed E-state index contributed by atoms with van der Waals surface area (Å²) in [4.78, 5) is 20.5. The molecular formula is C4H5NO3Rh. The number of imide groups is 1. The molecule has 1 radical (unpaired) electrons. The number of carbonyl (C=O) groups is 2. The zero-order valence-electron chi connectivity index (χ0n) is 4.46. The third-order valence-electron chi connectivity index (χ3n) is 1.03. The Morgan fingerprint density at radius 2 is 1.56 bits per heavy atom. The van der Waals surface area contributed by atoms with E-state index in [1.165, 1.54) is 0 Å². The van der Waals surface area contributed by atoms with Crippen LogP contribution in [0.5, 0.6) is 0 Å². The molecule has 2 amide bonds. The minimum Gasteiger partial charge on any atom is -0.279 e. The van der Waals surface area contributed by atoms with Crippen molar-refractivity contribution in [3.8, 4) is 0 Å². The Balaban J connectivity index is 0.000000640. The van der Waals surface area contributed by atoms with Gasteiger partial charge in [-0.15, -0.1) is 0 Å². The monoisotopic (exact) mass is 218 g/mol. The SMILES string of the molecule is O=C1CCC(=O)N1O.[Rh]. The van der Waals surface area contributed by atoms with Gasteiger partial charge < -0.3 is 0 Å². The summed E-state index contributed by atoms with van der Waals surface area (Å²) in [6, 6.07) is 0. The third kappa shape index (κ3) is 1.56. The van der Waals surface area contributed by atoms with Crippen molar-refractivity contribution in [1.29, 1.82) is 0 Å². The quantitative estimate of drug-likeness (QED) is 0.339. The van der Waals surface area contributed by atoms with Gasteiger partial charge in [-0.2, -0.15) is 5.06 Å². The first-order valence-electron chi connectivity index (χ1n) is 2.26. The van der Waals surface area contributed by atoms with Gasteiger partial charge in [-0.25, -0.2) is 0 Å². The van der Waals surface area contributed by atoms with Gasteiger partial charge in [-0.3, -0.25) is 14.8 Å². The molecule has 0 spiro atoms.